The van der Waals surface area contributed by atoms with Crippen molar-refractivity contribution in [1.82, 2.24) is 15.5 Å². The molecular formula is C18H27ClFN3O4S. The normalized spacial score (nSPS) is 16.0. The molecule has 7 nitrogen and oxygen atoms in total. The van der Waals surface area contributed by atoms with Gasteiger partial charge in [0.05, 0.1) is 6.54 Å². The van der Waals surface area contributed by atoms with E-state index in [4.69, 9.17) is 0 Å². The number of hydrogen-bond acceptors (Lipinski definition) is 5. The van der Waals surface area contributed by atoms with Crippen LogP contribution in [0.2, 0.25) is 0 Å². The molecule has 10 heteroatoms. The summed E-state index contributed by atoms with van der Waals surface area (Å²) >= 11 is 0. The van der Waals surface area contributed by atoms with E-state index in [-0.39, 0.29) is 50.7 Å². The van der Waals surface area contributed by atoms with Crippen molar-refractivity contribution in [3.05, 3.63) is 35.6 Å². The Morgan fingerprint density at radius 1 is 1.21 bits per heavy atom. The van der Waals surface area contributed by atoms with Gasteiger partial charge in [-0.15, -0.1) is 12.4 Å². The van der Waals surface area contributed by atoms with E-state index in [9.17, 15) is 22.4 Å². The van der Waals surface area contributed by atoms with Gasteiger partial charge in [0.15, 0.2) is 14.6 Å². The molecule has 1 aromatic carbocycles. The first kappa shape index (κ1) is 24.3. The highest BCUT2D eigenvalue weighted by Crippen LogP contribution is 2.30. The zero-order chi connectivity index (χ0) is 20.1. The predicted octanol–water partition coefficient (Wildman–Crippen LogP) is 0.879. The molecular weight excluding hydrogens is 409 g/mol. The average Bonchev–Trinajstić information content (AvgIpc) is 2.64. The third-order valence-corrected chi connectivity index (χ3v) is 6.92. The van der Waals surface area contributed by atoms with Crippen LogP contribution >= 0.6 is 12.4 Å². The molecule has 1 heterocycles. The highest BCUT2D eigenvalue weighted by atomic mass is 35.5. The van der Waals surface area contributed by atoms with Gasteiger partial charge in [-0.3, -0.25) is 9.59 Å². The topological polar surface area (TPSA) is 95.6 Å². The van der Waals surface area contributed by atoms with Gasteiger partial charge in [0.1, 0.15) is 5.82 Å². The average molecular weight is 436 g/mol. The summed E-state index contributed by atoms with van der Waals surface area (Å²) in [6.45, 7) is 2.79. The largest absolute Gasteiger partial charge is 0.350 e. The molecule has 1 aliphatic rings. The molecule has 2 amide bonds. The molecule has 0 aliphatic carbocycles. The standard InChI is InChI=1S/C18H26FN3O4S.ClH/c1-3-22(13-16(23)21-12-14-4-6-15(19)7-5-14)17(24)18(27(2,25)26)8-10-20-11-9-18;/h4-7,20H,3,8-13H2,1-2H3,(H,21,23);1H. The van der Waals surface area contributed by atoms with Crippen LogP contribution in [-0.2, 0) is 26.0 Å². The zero-order valence-electron chi connectivity index (χ0n) is 16.0. The number of piperidine rings is 1. The van der Waals surface area contributed by atoms with Gasteiger partial charge >= 0.3 is 0 Å². The zero-order valence-corrected chi connectivity index (χ0v) is 17.7. The van der Waals surface area contributed by atoms with Gasteiger partial charge in [0.2, 0.25) is 11.8 Å². The summed E-state index contributed by atoms with van der Waals surface area (Å²) in [7, 11) is -3.64. The Morgan fingerprint density at radius 3 is 2.29 bits per heavy atom. The minimum Gasteiger partial charge on any atom is -0.350 e. The van der Waals surface area contributed by atoms with E-state index >= 15 is 0 Å². The minimum atomic E-state index is -3.64. The smallest absolute Gasteiger partial charge is 0.244 e. The monoisotopic (exact) mass is 435 g/mol. The Bertz CT molecular complexity index is 781. The van der Waals surface area contributed by atoms with Gasteiger partial charge in [-0.05, 0) is 50.6 Å². The van der Waals surface area contributed by atoms with Crippen LogP contribution in [0.3, 0.4) is 0 Å². The van der Waals surface area contributed by atoms with Crippen LogP contribution < -0.4 is 10.6 Å². The molecule has 1 saturated heterocycles. The van der Waals surface area contributed by atoms with Crippen molar-refractivity contribution in [2.45, 2.75) is 31.1 Å². The summed E-state index contributed by atoms with van der Waals surface area (Å²) in [5.41, 5.74) is 0.727. The number of halogens is 2. The third-order valence-electron chi connectivity index (χ3n) is 4.92. The molecule has 0 aromatic heterocycles. The third kappa shape index (κ3) is 5.65. The number of likely N-dealkylation sites (N-methyl/N-ethyl adjacent to an activating group) is 1. The fourth-order valence-electron chi connectivity index (χ4n) is 3.22. The quantitative estimate of drug-likeness (QED) is 0.662. The summed E-state index contributed by atoms with van der Waals surface area (Å²) in [5, 5.41) is 5.74. The van der Waals surface area contributed by atoms with Crippen LogP contribution in [0.4, 0.5) is 4.39 Å². The molecule has 28 heavy (non-hydrogen) atoms. The maximum absolute atomic E-state index is 13.0. The number of benzene rings is 1. The lowest BCUT2D eigenvalue weighted by molar-refractivity contribution is -0.138. The lowest BCUT2D eigenvalue weighted by atomic mass is 9.95. The number of rotatable bonds is 7. The maximum atomic E-state index is 13.0. The second-order valence-corrected chi connectivity index (χ2v) is 9.06. The molecule has 0 radical (unpaired) electrons. The number of hydrogen-bond donors (Lipinski definition) is 2. The van der Waals surface area contributed by atoms with E-state index in [0.717, 1.165) is 11.8 Å². The first-order valence-corrected chi connectivity index (χ1v) is 10.8. The van der Waals surface area contributed by atoms with E-state index < -0.39 is 26.4 Å². The van der Waals surface area contributed by atoms with Crippen molar-refractivity contribution < 1.29 is 22.4 Å². The number of nitrogens with one attached hydrogen (secondary N) is 2. The van der Waals surface area contributed by atoms with E-state index in [1.54, 1.807) is 19.1 Å². The van der Waals surface area contributed by atoms with Crippen LogP contribution in [0.5, 0.6) is 0 Å². The van der Waals surface area contributed by atoms with Crippen LogP contribution in [0.15, 0.2) is 24.3 Å². The van der Waals surface area contributed by atoms with Crippen molar-refractivity contribution in [2.24, 2.45) is 0 Å². The van der Waals surface area contributed by atoms with E-state index in [2.05, 4.69) is 10.6 Å². The van der Waals surface area contributed by atoms with Crippen molar-refractivity contribution in [3.63, 3.8) is 0 Å². The number of amides is 2. The van der Waals surface area contributed by atoms with Crippen molar-refractivity contribution in [3.8, 4) is 0 Å². The number of nitrogens with zero attached hydrogens (tertiary/aromatic N) is 1. The number of carbonyl (C=O) groups is 2. The van der Waals surface area contributed by atoms with Crippen molar-refractivity contribution >= 4 is 34.1 Å². The molecule has 158 valence electrons. The fraction of sp³-hybridized carbons (Fsp3) is 0.556. The highest BCUT2D eigenvalue weighted by Gasteiger charge is 2.50. The lowest BCUT2D eigenvalue weighted by Gasteiger charge is -2.38. The molecule has 1 fully saturated rings. The van der Waals surface area contributed by atoms with Crippen LogP contribution in [0.1, 0.15) is 25.3 Å². The van der Waals surface area contributed by atoms with Crippen LogP contribution in [0, 0.1) is 5.82 Å². The molecule has 0 atom stereocenters. The maximum Gasteiger partial charge on any atom is 0.244 e. The lowest BCUT2D eigenvalue weighted by Crippen LogP contribution is -2.59. The summed E-state index contributed by atoms with van der Waals surface area (Å²) in [4.78, 5) is 26.6. The molecule has 0 unspecified atom stereocenters. The second-order valence-electron chi connectivity index (χ2n) is 6.74. The molecule has 2 rings (SSSR count). The summed E-state index contributed by atoms with van der Waals surface area (Å²) in [6.07, 6.45) is 1.47. The Hall–Kier alpha value is -1.71. The fourth-order valence-corrected chi connectivity index (χ4v) is 4.61. The van der Waals surface area contributed by atoms with E-state index in [1.165, 1.54) is 17.0 Å². The molecule has 0 bridgehead atoms. The Morgan fingerprint density at radius 2 is 1.79 bits per heavy atom. The SMILES string of the molecule is CCN(CC(=O)NCc1ccc(F)cc1)C(=O)C1(S(C)(=O)=O)CCNCC1.Cl. The van der Waals surface area contributed by atoms with Crippen LogP contribution in [-0.4, -0.2) is 62.3 Å². The summed E-state index contributed by atoms with van der Waals surface area (Å²) < 4.78 is 36.2. The predicted molar refractivity (Wildman–Crippen MR) is 107 cm³/mol. The molecule has 0 saturated carbocycles. The first-order valence-electron chi connectivity index (χ1n) is 8.90. The summed E-state index contributed by atoms with van der Waals surface area (Å²) in [5.74, 6) is -1.28. The summed E-state index contributed by atoms with van der Waals surface area (Å²) in [6, 6.07) is 5.73. The van der Waals surface area contributed by atoms with Gasteiger partial charge in [0.25, 0.3) is 0 Å². The minimum absolute atomic E-state index is 0. The Kier molecular flexibility index (Phi) is 8.84. The molecule has 1 aromatic rings. The Labute approximate surface area is 171 Å². The van der Waals surface area contributed by atoms with Crippen molar-refractivity contribution in [2.75, 3.05) is 32.4 Å². The second kappa shape index (κ2) is 10.2. The highest BCUT2D eigenvalue weighted by molar-refractivity contribution is 7.92. The first-order chi connectivity index (χ1) is 12.7. The Balaban J connectivity index is 0.00000392. The molecule has 2 N–H and O–H groups in total. The number of sulfone groups is 1. The molecule has 0 spiro atoms. The van der Waals surface area contributed by atoms with E-state index in [0.29, 0.717) is 13.1 Å². The number of carbonyl (C=O) groups excluding carboxylic acids is 2. The van der Waals surface area contributed by atoms with Gasteiger partial charge < -0.3 is 15.5 Å². The van der Waals surface area contributed by atoms with Gasteiger partial charge in [-0.25, -0.2) is 12.8 Å². The van der Waals surface area contributed by atoms with Gasteiger partial charge in [-0.2, -0.15) is 0 Å². The van der Waals surface area contributed by atoms with E-state index in [1.807, 2.05) is 0 Å². The van der Waals surface area contributed by atoms with Gasteiger partial charge in [0, 0.05) is 19.3 Å². The van der Waals surface area contributed by atoms with Crippen LogP contribution in [0.25, 0.3) is 0 Å². The van der Waals surface area contributed by atoms with Crippen molar-refractivity contribution in [1.29, 1.82) is 0 Å². The van der Waals surface area contributed by atoms with Gasteiger partial charge in [-0.1, -0.05) is 12.1 Å². The molecule has 1 aliphatic heterocycles.